The van der Waals surface area contributed by atoms with Crippen LogP contribution in [0.4, 0.5) is 4.39 Å². The molecule has 20 heavy (non-hydrogen) atoms. The Morgan fingerprint density at radius 1 is 1.30 bits per heavy atom. The minimum atomic E-state index is -0.323. The predicted octanol–water partition coefficient (Wildman–Crippen LogP) is 5.14. The zero-order valence-electron chi connectivity index (χ0n) is 10.9. The summed E-state index contributed by atoms with van der Waals surface area (Å²) in [5.41, 5.74) is 0.886. The number of halogens is 3. The van der Waals surface area contributed by atoms with Crippen LogP contribution in [0.5, 0.6) is 11.5 Å². The molecule has 2 aromatic rings. The van der Waals surface area contributed by atoms with Gasteiger partial charge in [0.2, 0.25) is 0 Å². The molecule has 0 aliphatic rings. The van der Waals surface area contributed by atoms with Gasteiger partial charge < -0.3 is 10.1 Å². The van der Waals surface area contributed by atoms with E-state index < -0.39 is 0 Å². The normalized spacial score (nSPS) is 10.6. The highest BCUT2D eigenvalue weighted by Crippen LogP contribution is 2.32. The Morgan fingerprint density at radius 3 is 2.80 bits per heavy atom. The summed E-state index contributed by atoms with van der Waals surface area (Å²) >= 11 is 9.34. The molecule has 5 heteroatoms. The van der Waals surface area contributed by atoms with Crippen LogP contribution in [0.1, 0.15) is 12.5 Å². The van der Waals surface area contributed by atoms with Crippen molar-refractivity contribution in [3.8, 4) is 11.5 Å². The van der Waals surface area contributed by atoms with E-state index in [0.29, 0.717) is 27.5 Å². The molecule has 0 unspecified atom stereocenters. The Kier molecular flexibility index (Phi) is 5.40. The van der Waals surface area contributed by atoms with Crippen LogP contribution >= 0.6 is 27.5 Å². The predicted molar refractivity (Wildman–Crippen MR) is 83.0 cm³/mol. The fourth-order valence-electron chi connectivity index (χ4n) is 1.72. The van der Waals surface area contributed by atoms with E-state index in [2.05, 4.69) is 21.2 Å². The van der Waals surface area contributed by atoms with Gasteiger partial charge in [-0.2, -0.15) is 0 Å². The van der Waals surface area contributed by atoms with Crippen molar-refractivity contribution in [3.63, 3.8) is 0 Å². The van der Waals surface area contributed by atoms with Crippen molar-refractivity contribution >= 4 is 27.5 Å². The summed E-state index contributed by atoms with van der Waals surface area (Å²) in [6.07, 6.45) is 0. The van der Waals surface area contributed by atoms with E-state index in [1.54, 1.807) is 12.1 Å². The lowest BCUT2D eigenvalue weighted by Crippen LogP contribution is -2.12. The third-order valence-electron chi connectivity index (χ3n) is 2.75. The summed E-state index contributed by atoms with van der Waals surface area (Å²) in [6, 6.07) is 10.0. The minimum absolute atomic E-state index is 0.323. The summed E-state index contributed by atoms with van der Waals surface area (Å²) in [4.78, 5) is 0. The molecule has 0 aromatic heterocycles. The van der Waals surface area contributed by atoms with Crippen LogP contribution in [-0.2, 0) is 6.54 Å². The summed E-state index contributed by atoms with van der Waals surface area (Å²) in [7, 11) is 0. The number of rotatable bonds is 5. The molecular weight excluding hydrogens is 345 g/mol. The van der Waals surface area contributed by atoms with Crippen molar-refractivity contribution in [2.24, 2.45) is 0 Å². The Balaban J connectivity index is 2.28. The molecule has 1 N–H and O–H groups in total. The topological polar surface area (TPSA) is 21.3 Å². The van der Waals surface area contributed by atoms with E-state index >= 15 is 0 Å². The van der Waals surface area contributed by atoms with Gasteiger partial charge in [-0.25, -0.2) is 4.39 Å². The van der Waals surface area contributed by atoms with Gasteiger partial charge in [-0.3, -0.25) is 0 Å². The highest BCUT2D eigenvalue weighted by atomic mass is 79.9. The molecular formula is C15H14BrClFNO. The number of nitrogens with one attached hydrogen (secondary N) is 1. The van der Waals surface area contributed by atoms with Gasteiger partial charge in [0, 0.05) is 17.1 Å². The maximum Gasteiger partial charge on any atom is 0.137 e. The number of benzene rings is 2. The lowest BCUT2D eigenvalue weighted by atomic mass is 10.2. The molecule has 0 spiro atoms. The quantitative estimate of drug-likeness (QED) is 0.798. The maximum atomic E-state index is 13.2. The van der Waals surface area contributed by atoms with E-state index in [-0.39, 0.29) is 5.82 Å². The maximum absolute atomic E-state index is 13.2. The highest BCUT2D eigenvalue weighted by Gasteiger charge is 2.10. The monoisotopic (exact) mass is 357 g/mol. The average Bonchev–Trinajstić information content (AvgIpc) is 2.42. The second-order valence-corrected chi connectivity index (χ2v) is 5.44. The molecule has 0 heterocycles. The van der Waals surface area contributed by atoms with Crippen LogP contribution in [0.25, 0.3) is 0 Å². The first kappa shape index (κ1) is 15.3. The van der Waals surface area contributed by atoms with Crippen LogP contribution in [0.15, 0.2) is 40.9 Å². The van der Waals surface area contributed by atoms with E-state index in [1.165, 1.54) is 6.07 Å². The SMILES string of the molecule is CCNCc1c(Cl)cccc1Oc1ccc(F)c(Br)c1. The molecule has 106 valence electrons. The fourth-order valence-corrected chi connectivity index (χ4v) is 2.31. The lowest BCUT2D eigenvalue weighted by Gasteiger charge is -2.13. The molecule has 2 aromatic carbocycles. The van der Waals surface area contributed by atoms with Crippen LogP contribution < -0.4 is 10.1 Å². The van der Waals surface area contributed by atoms with Crippen molar-refractivity contribution in [2.75, 3.05) is 6.54 Å². The number of ether oxygens (including phenoxy) is 1. The molecule has 0 saturated carbocycles. The second kappa shape index (κ2) is 7.07. The van der Waals surface area contributed by atoms with Gasteiger partial charge in [0.1, 0.15) is 17.3 Å². The largest absolute Gasteiger partial charge is 0.457 e. The van der Waals surface area contributed by atoms with Crippen LogP contribution in [0, 0.1) is 5.82 Å². The van der Waals surface area contributed by atoms with E-state index in [4.69, 9.17) is 16.3 Å². The van der Waals surface area contributed by atoms with Gasteiger partial charge in [-0.1, -0.05) is 24.6 Å². The Labute approximate surface area is 131 Å². The standard InChI is InChI=1S/C15H14BrClFNO/c1-2-19-9-11-13(17)4-3-5-15(11)20-10-6-7-14(18)12(16)8-10/h3-8,19H,2,9H2,1H3. The Bertz CT molecular complexity index is 606. The van der Waals surface area contributed by atoms with Gasteiger partial charge in [-0.05, 0) is 52.8 Å². The second-order valence-electron chi connectivity index (χ2n) is 4.17. The van der Waals surface area contributed by atoms with E-state index in [1.807, 2.05) is 25.1 Å². The lowest BCUT2D eigenvalue weighted by molar-refractivity contribution is 0.471. The van der Waals surface area contributed by atoms with Crippen LogP contribution in [0.2, 0.25) is 5.02 Å². The first-order chi connectivity index (χ1) is 9.61. The van der Waals surface area contributed by atoms with Crippen molar-refractivity contribution in [3.05, 3.63) is 57.3 Å². The minimum Gasteiger partial charge on any atom is -0.457 e. The molecule has 0 aliphatic heterocycles. The van der Waals surface area contributed by atoms with E-state index in [9.17, 15) is 4.39 Å². The summed E-state index contributed by atoms with van der Waals surface area (Å²) in [5, 5.41) is 3.86. The molecule has 0 radical (unpaired) electrons. The third-order valence-corrected chi connectivity index (χ3v) is 3.71. The zero-order valence-corrected chi connectivity index (χ0v) is 13.3. The molecule has 0 aliphatic carbocycles. The van der Waals surface area contributed by atoms with E-state index in [0.717, 1.165) is 12.1 Å². The van der Waals surface area contributed by atoms with Crippen molar-refractivity contribution in [2.45, 2.75) is 13.5 Å². The van der Waals surface area contributed by atoms with Crippen molar-refractivity contribution < 1.29 is 9.13 Å². The molecule has 0 saturated heterocycles. The smallest absolute Gasteiger partial charge is 0.137 e. The first-order valence-electron chi connectivity index (χ1n) is 6.23. The summed E-state index contributed by atoms with van der Waals surface area (Å²) in [5.74, 6) is 0.895. The molecule has 0 fully saturated rings. The fraction of sp³-hybridized carbons (Fsp3) is 0.200. The van der Waals surface area contributed by atoms with Gasteiger partial charge >= 0.3 is 0 Å². The average molecular weight is 359 g/mol. The van der Waals surface area contributed by atoms with Crippen LogP contribution in [-0.4, -0.2) is 6.54 Å². The van der Waals surface area contributed by atoms with Gasteiger partial charge in [0.05, 0.1) is 4.47 Å². The molecule has 0 atom stereocenters. The third kappa shape index (κ3) is 3.72. The van der Waals surface area contributed by atoms with Gasteiger partial charge in [-0.15, -0.1) is 0 Å². The van der Waals surface area contributed by atoms with Crippen molar-refractivity contribution in [1.82, 2.24) is 5.32 Å². The molecule has 0 bridgehead atoms. The van der Waals surface area contributed by atoms with Crippen molar-refractivity contribution in [1.29, 1.82) is 0 Å². The molecule has 2 rings (SSSR count). The highest BCUT2D eigenvalue weighted by molar-refractivity contribution is 9.10. The van der Waals surface area contributed by atoms with Gasteiger partial charge in [0.15, 0.2) is 0 Å². The summed E-state index contributed by atoms with van der Waals surface area (Å²) in [6.45, 7) is 3.48. The molecule has 0 amide bonds. The Morgan fingerprint density at radius 2 is 2.10 bits per heavy atom. The molecule has 2 nitrogen and oxygen atoms in total. The van der Waals surface area contributed by atoms with Crippen LogP contribution in [0.3, 0.4) is 0 Å². The number of hydrogen-bond donors (Lipinski definition) is 1. The number of hydrogen-bond acceptors (Lipinski definition) is 2. The Hall–Kier alpha value is -1.10. The first-order valence-corrected chi connectivity index (χ1v) is 7.40. The summed E-state index contributed by atoms with van der Waals surface area (Å²) < 4.78 is 19.4. The van der Waals surface area contributed by atoms with Gasteiger partial charge in [0.25, 0.3) is 0 Å². The zero-order chi connectivity index (χ0) is 14.5.